The monoisotopic (exact) mass is 302 g/mol. The molecule has 1 amide bonds. The lowest BCUT2D eigenvalue weighted by atomic mass is 10.2. The van der Waals surface area contributed by atoms with Crippen molar-refractivity contribution in [3.63, 3.8) is 0 Å². The smallest absolute Gasteiger partial charge is 0.236 e. The molecule has 2 rings (SSSR count). The minimum absolute atomic E-state index is 0.0132. The van der Waals surface area contributed by atoms with Crippen molar-refractivity contribution in [3.8, 4) is 6.07 Å². The Bertz CT molecular complexity index is 515. The Labute approximate surface area is 130 Å². The van der Waals surface area contributed by atoms with Gasteiger partial charge in [-0.05, 0) is 25.0 Å². The second kappa shape index (κ2) is 8.29. The third kappa shape index (κ3) is 4.40. The van der Waals surface area contributed by atoms with E-state index in [2.05, 4.69) is 20.4 Å². The van der Waals surface area contributed by atoms with E-state index in [0.29, 0.717) is 25.6 Å². The number of carbonyl (C=O) groups excluding carboxylic acids is 1. The van der Waals surface area contributed by atoms with E-state index in [0.717, 1.165) is 31.7 Å². The summed E-state index contributed by atoms with van der Waals surface area (Å²) in [5.41, 5.74) is 0. The van der Waals surface area contributed by atoms with Gasteiger partial charge in [-0.1, -0.05) is 0 Å². The molecule has 1 fully saturated rings. The van der Waals surface area contributed by atoms with E-state index in [1.807, 2.05) is 18.2 Å². The number of rotatable bonds is 7. The number of anilines is 1. The van der Waals surface area contributed by atoms with Gasteiger partial charge < -0.3 is 15.1 Å². The third-order valence-electron chi connectivity index (χ3n) is 3.87. The predicted molar refractivity (Wildman–Crippen MR) is 83.1 cm³/mol. The molecular formula is C15H22N6O. The van der Waals surface area contributed by atoms with Crippen LogP contribution in [0.3, 0.4) is 0 Å². The lowest BCUT2D eigenvalue weighted by Crippen LogP contribution is -2.42. The SMILES string of the molecule is CN(CCC#N)C(=O)CNC[C@H]1CCCN1c1cccnn1. The van der Waals surface area contributed by atoms with Crippen molar-refractivity contribution in [1.29, 1.82) is 5.26 Å². The highest BCUT2D eigenvalue weighted by Gasteiger charge is 2.25. The van der Waals surface area contributed by atoms with Crippen molar-refractivity contribution >= 4 is 11.7 Å². The van der Waals surface area contributed by atoms with Crippen LogP contribution in [0, 0.1) is 11.3 Å². The Morgan fingerprint density at radius 2 is 2.50 bits per heavy atom. The van der Waals surface area contributed by atoms with Gasteiger partial charge in [0.05, 0.1) is 19.0 Å². The van der Waals surface area contributed by atoms with E-state index in [-0.39, 0.29) is 5.91 Å². The van der Waals surface area contributed by atoms with Crippen molar-refractivity contribution in [2.75, 3.05) is 38.1 Å². The van der Waals surface area contributed by atoms with E-state index < -0.39 is 0 Å². The summed E-state index contributed by atoms with van der Waals surface area (Å²) >= 11 is 0. The highest BCUT2D eigenvalue weighted by atomic mass is 16.2. The molecule has 7 nitrogen and oxygen atoms in total. The van der Waals surface area contributed by atoms with E-state index in [4.69, 9.17) is 5.26 Å². The molecule has 1 aliphatic heterocycles. The van der Waals surface area contributed by atoms with Crippen molar-refractivity contribution < 1.29 is 4.79 Å². The lowest BCUT2D eigenvalue weighted by molar-refractivity contribution is -0.128. The molecule has 7 heteroatoms. The molecule has 0 saturated carbocycles. The van der Waals surface area contributed by atoms with Gasteiger partial charge in [0.2, 0.25) is 5.91 Å². The molecule has 0 bridgehead atoms. The van der Waals surface area contributed by atoms with Crippen LogP contribution in [0.1, 0.15) is 19.3 Å². The molecule has 0 unspecified atom stereocenters. The summed E-state index contributed by atoms with van der Waals surface area (Å²) in [5, 5.41) is 19.8. The molecular weight excluding hydrogens is 280 g/mol. The Morgan fingerprint density at radius 3 is 3.23 bits per heavy atom. The fourth-order valence-electron chi connectivity index (χ4n) is 2.62. The van der Waals surface area contributed by atoms with Crippen LogP contribution >= 0.6 is 0 Å². The second-order valence-electron chi connectivity index (χ2n) is 5.43. The number of hydrogen-bond donors (Lipinski definition) is 1. The van der Waals surface area contributed by atoms with Crippen molar-refractivity contribution in [2.24, 2.45) is 0 Å². The fraction of sp³-hybridized carbons (Fsp3) is 0.600. The molecule has 0 aromatic carbocycles. The molecule has 2 heterocycles. The summed E-state index contributed by atoms with van der Waals surface area (Å²) in [6, 6.07) is 6.24. The summed E-state index contributed by atoms with van der Waals surface area (Å²) in [7, 11) is 1.72. The topological polar surface area (TPSA) is 85.2 Å². The quantitative estimate of drug-likeness (QED) is 0.785. The van der Waals surface area contributed by atoms with E-state index in [9.17, 15) is 4.79 Å². The normalized spacial score (nSPS) is 17.3. The van der Waals surface area contributed by atoms with Crippen LogP contribution in [-0.4, -0.2) is 60.3 Å². The number of carbonyl (C=O) groups is 1. The maximum absolute atomic E-state index is 11.9. The van der Waals surface area contributed by atoms with Gasteiger partial charge in [-0.25, -0.2) is 0 Å². The molecule has 0 radical (unpaired) electrons. The van der Waals surface area contributed by atoms with E-state index >= 15 is 0 Å². The van der Waals surface area contributed by atoms with Gasteiger partial charge in [0.1, 0.15) is 0 Å². The van der Waals surface area contributed by atoms with Crippen LogP contribution in [0.5, 0.6) is 0 Å². The maximum atomic E-state index is 11.9. The fourth-order valence-corrected chi connectivity index (χ4v) is 2.62. The highest BCUT2D eigenvalue weighted by Crippen LogP contribution is 2.22. The second-order valence-corrected chi connectivity index (χ2v) is 5.43. The molecule has 1 aromatic rings. The van der Waals surface area contributed by atoms with Gasteiger partial charge in [-0.3, -0.25) is 4.79 Å². The molecule has 118 valence electrons. The summed E-state index contributed by atoms with van der Waals surface area (Å²) in [6.45, 7) is 2.49. The van der Waals surface area contributed by atoms with Gasteiger partial charge in [-0.15, -0.1) is 5.10 Å². The van der Waals surface area contributed by atoms with Crippen LogP contribution in [-0.2, 0) is 4.79 Å². The number of nitrogens with one attached hydrogen (secondary N) is 1. The number of nitriles is 1. The van der Waals surface area contributed by atoms with Gasteiger partial charge in [-0.2, -0.15) is 10.4 Å². The number of hydrogen-bond acceptors (Lipinski definition) is 6. The van der Waals surface area contributed by atoms with Crippen molar-refractivity contribution in [2.45, 2.75) is 25.3 Å². The number of nitrogens with zero attached hydrogens (tertiary/aromatic N) is 5. The average Bonchev–Trinajstić information content (AvgIpc) is 3.01. The molecule has 1 aromatic heterocycles. The first-order valence-electron chi connectivity index (χ1n) is 7.58. The largest absolute Gasteiger partial charge is 0.351 e. The molecule has 1 atom stereocenters. The number of amides is 1. The molecule has 1 N–H and O–H groups in total. The minimum Gasteiger partial charge on any atom is -0.351 e. The minimum atomic E-state index is 0.0132. The average molecular weight is 302 g/mol. The zero-order valence-corrected chi connectivity index (χ0v) is 12.9. The highest BCUT2D eigenvalue weighted by molar-refractivity contribution is 5.77. The third-order valence-corrected chi connectivity index (χ3v) is 3.87. The first-order chi connectivity index (χ1) is 10.7. The molecule has 1 saturated heterocycles. The van der Waals surface area contributed by atoms with Crippen LogP contribution in [0.2, 0.25) is 0 Å². The Hall–Kier alpha value is -2.20. The maximum Gasteiger partial charge on any atom is 0.236 e. The zero-order valence-electron chi connectivity index (χ0n) is 12.9. The first kappa shape index (κ1) is 16.2. The molecule has 0 spiro atoms. The number of aromatic nitrogens is 2. The van der Waals surface area contributed by atoms with Crippen LogP contribution < -0.4 is 10.2 Å². The first-order valence-corrected chi connectivity index (χ1v) is 7.58. The van der Waals surface area contributed by atoms with Crippen LogP contribution in [0.4, 0.5) is 5.82 Å². The number of likely N-dealkylation sites (N-methyl/N-ethyl adjacent to an activating group) is 1. The Kier molecular flexibility index (Phi) is 6.10. The van der Waals surface area contributed by atoms with E-state index in [1.54, 1.807) is 18.1 Å². The van der Waals surface area contributed by atoms with E-state index in [1.165, 1.54) is 0 Å². The summed E-state index contributed by atoms with van der Waals surface area (Å²) < 4.78 is 0. The molecule has 0 aliphatic carbocycles. The summed E-state index contributed by atoms with van der Waals surface area (Å²) in [6.07, 6.45) is 4.24. The van der Waals surface area contributed by atoms with Crippen LogP contribution in [0.25, 0.3) is 0 Å². The predicted octanol–water partition coefficient (Wildman–Crippen LogP) is 0.407. The van der Waals surface area contributed by atoms with Gasteiger partial charge in [0.25, 0.3) is 0 Å². The zero-order chi connectivity index (χ0) is 15.8. The van der Waals surface area contributed by atoms with Crippen molar-refractivity contribution in [3.05, 3.63) is 18.3 Å². The molecule has 22 heavy (non-hydrogen) atoms. The van der Waals surface area contributed by atoms with Crippen molar-refractivity contribution in [1.82, 2.24) is 20.4 Å². The Balaban J connectivity index is 1.77. The van der Waals surface area contributed by atoms with Gasteiger partial charge in [0.15, 0.2) is 5.82 Å². The lowest BCUT2D eigenvalue weighted by Gasteiger charge is -2.25. The standard InChI is InChI=1S/C15H22N6O/c1-20(9-4-7-16)15(22)12-17-11-13-5-3-10-21(13)14-6-2-8-18-19-14/h2,6,8,13,17H,3-5,9-12H2,1H3/t13-/m1/s1. The molecule has 1 aliphatic rings. The Morgan fingerprint density at radius 1 is 1.64 bits per heavy atom. The summed E-state index contributed by atoms with van der Waals surface area (Å²) in [5.74, 6) is 0.906. The van der Waals surface area contributed by atoms with Gasteiger partial charge in [0, 0.05) is 38.9 Å². The summed E-state index contributed by atoms with van der Waals surface area (Å²) in [4.78, 5) is 15.7. The van der Waals surface area contributed by atoms with Gasteiger partial charge >= 0.3 is 0 Å². The van der Waals surface area contributed by atoms with Crippen LogP contribution in [0.15, 0.2) is 18.3 Å².